The van der Waals surface area contributed by atoms with Crippen molar-refractivity contribution < 1.29 is 4.79 Å². The number of amides is 1. The summed E-state index contributed by atoms with van der Waals surface area (Å²) >= 11 is 0. The third kappa shape index (κ3) is 8.11. The van der Waals surface area contributed by atoms with Gasteiger partial charge in [0.2, 0.25) is 5.91 Å². The molecule has 0 aromatic rings. The molecule has 0 saturated carbocycles. The zero-order valence-corrected chi connectivity index (χ0v) is 6.68. The molecule has 0 rings (SSSR count). The zero-order chi connectivity index (χ0) is 7.98. The van der Waals surface area contributed by atoms with Crippen LogP contribution in [-0.2, 0) is 4.79 Å². The first-order chi connectivity index (χ1) is 4.68. The number of hydrogen-bond acceptors (Lipinski definition) is 1. The standard InChI is InChI=1S/C8H15NO.Na.H/c1-3-4-5-6-7(2)8(9)10;;/h6H,3-5H2,1-2H3,(H2,9,10);;. The molecule has 60 valence electrons. The zero-order valence-electron chi connectivity index (χ0n) is 6.68. The Kier molecular flexibility index (Phi) is 10.4. The minimum absolute atomic E-state index is 0. The van der Waals surface area contributed by atoms with Crippen molar-refractivity contribution in [3.05, 3.63) is 11.6 Å². The number of hydrogen-bond donors (Lipinski definition) is 1. The van der Waals surface area contributed by atoms with Gasteiger partial charge in [-0.3, -0.25) is 4.79 Å². The van der Waals surface area contributed by atoms with E-state index >= 15 is 0 Å². The van der Waals surface area contributed by atoms with Gasteiger partial charge in [-0.2, -0.15) is 0 Å². The summed E-state index contributed by atoms with van der Waals surface area (Å²) in [4.78, 5) is 10.4. The maximum atomic E-state index is 10.4. The number of carbonyl (C=O) groups is 1. The van der Waals surface area contributed by atoms with E-state index in [1.165, 1.54) is 0 Å². The fraction of sp³-hybridized carbons (Fsp3) is 0.625. The first-order valence-corrected chi connectivity index (χ1v) is 3.65. The molecule has 0 heterocycles. The van der Waals surface area contributed by atoms with Crippen LogP contribution < -0.4 is 5.73 Å². The second-order valence-corrected chi connectivity index (χ2v) is 2.39. The SMILES string of the molecule is CCCCC=C(C)C(N)=O.[NaH]. The van der Waals surface area contributed by atoms with Crippen molar-refractivity contribution in [3.63, 3.8) is 0 Å². The van der Waals surface area contributed by atoms with E-state index in [2.05, 4.69) is 6.92 Å². The quantitative estimate of drug-likeness (QED) is 0.376. The van der Waals surface area contributed by atoms with Gasteiger partial charge in [-0.15, -0.1) is 0 Å². The van der Waals surface area contributed by atoms with Gasteiger partial charge in [0.15, 0.2) is 0 Å². The molecule has 2 nitrogen and oxygen atoms in total. The number of allylic oxidation sites excluding steroid dienone is 1. The summed E-state index contributed by atoms with van der Waals surface area (Å²) in [5.74, 6) is -0.309. The first kappa shape index (κ1) is 13.8. The Balaban J connectivity index is 0. The summed E-state index contributed by atoms with van der Waals surface area (Å²) in [7, 11) is 0. The van der Waals surface area contributed by atoms with Crippen molar-refractivity contribution in [2.45, 2.75) is 33.1 Å². The fourth-order valence-corrected chi connectivity index (χ4v) is 0.623. The van der Waals surface area contributed by atoms with Crippen molar-refractivity contribution in [1.29, 1.82) is 0 Å². The minimum atomic E-state index is -0.309. The van der Waals surface area contributed by atoms with Crippen LogP contribution in [0, 0.1) is 0 Å². The van der Waals surface area contributed by atoms with E-state index in [-0.39, 0.29) is 35.5 Å². The molecule has 0 atom stereocenters. The van der Waals surface area contributed by atoms with Crippen LogP contribution >= 0.6 is 0 Å². The Labute approximate surface area is 90.5 Å². The number of primary amides is 1. The Hall–Kier alpha value is 0.210. The van der Waals surface area contributed by atoms with E-state index in [1.807, 2.05) is 6.08 Å². The normalized spacial score (nSPS) is 10.5. The van der Waals surface area contributed by atoms with Gasteiger partial charge in [0.25, 0.3) is 0 Å². The molecule has 0 fully saturated rings. The van der Waals surface area contributed by atoms with Gasteiger partial charge in [-0.1, -0.05) is 25.8 Å². The summed E-state index contributed by atoms with van der Waals surface area (Å²) in [5.41, 5.74) is 5.69. The van der Waals surface area contributed by atoms with Gasteiger partial charge in [-0.05, 0) is 13.3 Å². The van der Waals surface area contributed by atoms with Crippen LogP contribution in [0.25, 0.3) is 0 Å². The van der Waals surface area contributed by atoms with E-state index < -0.39 is 0 Å². The van der Waals surface area contributed by atoms with Crippen LogP contribution in [0.3, 0.4) is 0 Å². The van der Waals surface area contributed by atoms with Gasteiger partial charge in [0, 0.05) is 5.57 Å². The van der Waals surface area contributed by atoms with Crippen molar-refractivity contribution >= 4 is 35.5 Å². The first-order valence-electron chi connectivity index (χ1n) is 3.65. The van der Waals surface area contributed by atoms with Gasteiger partial charge >= 0.3 is 29.6 Å². The van der Waals surface area contributed by atoms with Crippen LogP contribution in [-0.4, -0.2) is 35.5 Å². The number of nitrogens with two attached hydrogens (primary N) is 1. The molecule has 11 heavy (non-hydrogen) atoms. The van der Waals surface area contributed by atoms with E-state index in [1.54, 1.807) is 6.92 Å². The summed E-state index contributed by atoms with van der Waals surface area (Å²) in [5, 5.41) is 0. The van der Waals surface area contributed by atoms with E-state index in [0.717, 1.165) is 19.3 Å². The van der Waals surface area contributed by atoms with Gasteiger partial charge in [0.1, 0.15) is 0 Å². The van der Waals surface area contributed by atoms with Crippen LogP contribution in [0.4, 0.5) is 0 Å². The van der Waals surface area contributed by atoms with Crippen LogP contribution in [0.15, 0.2) is 11.6 Å². The molecule has 0 aliphatic heterocycles. The van der Waals surface area contributed by atoms with Crippen molar-refractivity contribution in [1.82, 2.24) is 0 Å². The molecule has 3 heteroatoms. The van der Waals surface area contributed by atoms with Crippen molar-refractivity contribution in [2.24, 2.45) is 5.73 Å². The third-order valence-corrected chi connectivity index (χ3v) is 1.40. The van der Waals surface area contributed by atoms with E-state index in [4.69, 9.17) is 5.73 Å². The molecule has 0 bridgehead atoms. The molecule has 0 aromatic carbocycles. The average Bonchev–Trinajstić information content (AvgIpc) is 1.88. The Bertz CT molecular complexity index is 143. The molecule has 1 amide bonds. The van der Waals surface area contributed by atoms with Crippen LogP contribution in [0.5, 0.6) is 0 Å². The molecule has 2 N–H and O–H groups in total. The molecule has 0 aromatic heterocycles. The topological polar surface area (TPSA) is 43.1 Å². The third-order valence-electron chi connectivity index (χ3n) is 1.40. The Morgan fingerprint density at radius 3 is 2.45 bits per heavy atom. The van der Waals surface area contributed by atoms with Gasteiger partial charge in [-0.25, -0.2) is 0 Å². The molecule has 0 spiro atoms. The molecule has 0 aliphatic rings. The van der Waals surface area contributed by atoms with Crippen molar-refractivity contribution in [3.8, 4) is 0 Å². The number of rotatable bonds is 4. The second kappa shape index (κ2) is 8.31. The molecule has 0 radical (unpaired) electrons. The predicted molar refractivity (Wildman–Crippen MR) is 49.6 cm³/mol. The summed E-state index contributed by atoms with van der Waals surface area (Å²) in [6.07, 6.45) is 5.14. The summed E-state index contributed by atoms with van der Waals surface area (Å²) < 4.78 is 0. The fourth-order valence-electron chi connectivity index (χ4n) is 0.623. The number of carbonyl (C=O) groups excluding carboxylic acids is 1. The molecular formula is C8H16NNaO. The average molecular weight is 165 g/mol. The van der Waals surface area contributed by atoms with E-state index in [0.29, 0.717) is 5.57 Å². The molecule has 0 unspecified atom stereocenters. The number of unbranched alkanes of at least 4 members (excludes halogenated alkanes) is 2. The van der Waals surface area contributed by atoms with Crippen molar-refractivity contribution in [2.75, 3.05) is 0 Å². The summed E-state index contributed by atoms with van der Waals surface area (Å²) in [6.45, 7) is 3.87. The molecular weight excluding hydrogens is 149 g/mol. The van der Waals surface area contributed by atoms with E-state index in [9.17, 15) is 4.79 Å². The predicted octanol–water partition coefficient (Wildman–Crippen LogP) is 0.960. The van der Waals surface area contributed by atoms with Gasteiger partial charge < -0.3 is 5.73 Å². The maximum absolute atomic E-state index is 10.4. The molecule has 0 saturated heterocycles. The van der Waals surface area contributed by atoms with Crippen LogP contribution in [0.1, 0.15) is 33.1 Å². The monoisotopic (exact) mass is 165 g/mol. The van der Waals surface area contributed by atoms with Gasteiger partial charge in [0.05, 0.1) is 0 Å². The Morgan fingerprint density at radius 2 is 2.09 bits per heavy atom. The molecule has 0 aliphatic carbocycles. The van der Waals surface area contributed by atoms with Crippen LogP contribution in [0.2, 0.25) is 0 Å². The Morgan fingerprint density at radius 1 is 1.55 bits per heavy atom. The second-order valence-electron chi connectivity index (χ2n) is 2.39. The summed E-state index contributed by atoms with van der Waals surface area (Å²) in [6, 6.07) is 0.